The molecule has 9 heteroatoms. The van der Waals surface area contributed by atoms with E-state index in [1.165, 1.54) is 18.2 Å². The molecule has 5 rings (SSSR count). The van der Waals surface area contributed by atoms with Crippen molar-refractivity contribution in [3.8, 4) is 11.5 Å². The van der Waals surface area contributed by atoms with Gasteiger partial charge >= 0.3 is 0 Å². The van der Waals surface area contributed by atoms with Gasteiger partial charge in [-0.1, -0.05) is 23.7 Å². The first-order valence-electron chi connectivity index (χ1n) is 13.8. The Labute approximate surface area is 238 Å². The number of ketones is 2. The number of para-hydroxylation sites is 1. The van der Waals surface area contributed by atoms with Crippen LogP contribution in [0.2, 0.25) is 5.02 Å². The molecule has 2 aliphatic carbocycles. The monoisotopic (exact) mass is 566 g/mol. The highest BCUT2D eigenvalue weighted by Crippen LogP contribution is 2.51. The summed E-state index contributed by atoms with van der Waals surface area (Å²) in [6.07, 6.45) is 4.00. The van der Waals surface area contributed by atoms with Crippen LogP contribution in [-0.4, -0.2) is 42.1 Å². The molecule has 0 bridgehead atoms. The van der Waals surface area contributed by atoms with Gasteiger partial charge < -0.3 is 19.7 Å². The van der Waals surface area contributed by atoms with Gasteiger partial charge in [-0.15, -0.1) is 0 Å². The van der Waals surface area contributed by atoms with E-state index in [0.717, 1.165) is 37.1 Å². The first-order chi connectivity index (χ1) is 19.3. The third-order valence-electron chi connectivity index (χ3n) is 7.56. The minimum atomic E-state index is -0.565. The highest BCUT2D eigenvalue weighted by molar-refractivity contribution is 6.32. The fourth-order valence-corrected chi connectivity index (χ4v) is 6.25. The molecule has 0 saturated carbocycles. The summed E-state index contributed by atoms with van der Waals surface area (Å²) in [5.41, 5.74) is 4.05. The molecule has 0 radical (unpaired) electrons. The Bertz CT molecular complexity index is 1390. The van der Waals surface area contributed by atoms with Crippen molar-refractivity contribution in [2.45, 2.75) is 58.3 Å². The highest BCUT2D eigenvalue weighted by Gasteiger charge is 2.43. The van der Waals surface area contributed by atoms with Crippen molar-refractivity contribution >= 4 is 34.8 Å². The van der Waals surface area contributed by atoms with Gasteiger partial charge in [0.15, 0.2) is 29.7 Å². The molecule has 0 spiro atoms. The molecule has 1 aliphatic heterocycles. The third-order valence-corrected chi connectivity index (χ3v) is 7.84. The van der Waals surface area contributed by atoms with E-state index in [0.29, 0.717) is 48.5 Å². The largest absolute Gasteiger partial charge is 0.490 e. The van der Waals surface area contributed by atoms with Crippen LogP contribution in [0, 0.1) is 5.82 Å². The quantitative estimate of drug-likeness (QED) is 0.402. The number of halogens is 2. The fourth-order valence-electron chi connectivity index (χ4n) is 5.98. The summed E-state index contributed by atoms with van der Waals surface area (Å²) >= 11 is 6.73. The smallest absolute Gasteiger partial charge is 0.262 e. The van der Waals surface area contributed by atoms with Crippen LogP contribution in [-0.2, 0) is 14.4 Å². The van der Waals surface area contributed by atoms with Crippen molar-refractivity contribution in [3.05, 3.63) is 75.3 Å². The second-order valence-electron chi connectivity index (χ2n) is 10.0. The van der Waals surface area contributed by atoms with Crippen molar-refractivity contribution in [1.29, 1.82) is 0 Å². The molecule has 0 saturated heterocycles. The van der Waals surface area contributed by atoms with Crippen LogP contribution in [0.5, 0.6) is 11.5 Å². The van der Waals surface area contributed by atoms with Gasteiger partial charge in [0.2, 0.25) is 0 Å². The van der Waals surface area contributed by atoms with Crippen molar-refractivity contribution in [3.63, 3.8) is 0 Å². The van der Waals surface area contributed by atoms with Gasteiger partial charge in [0, 0.05) is 47.8 Å². The number of carbonyl (C=O) groups is 3. The van der Waals surface area contributed by atoms with Gasteiger partial charge in [-0.2, -0.15) is 0 Å². The number of benzene rings is 2. The van der Waals surface area contributed by atoms with Crippen LogP contribution in [0.15, 0.2) is 58.9 Å². The van der Waals surface area contributed by atoms with E-state index >= 15 is 0 Å². The van der Waals surface area contributed by atoms with Crippen LogP contribution in [0.4, 0.5) is 10.1 Å². The highest BCUT2D eigenvalue weighted by atomic mass is 35.5. The summed E-state index contributed by atoms with van der Waals surface area (Å²) < 4.78 is 25.6. The molecule has 0 atom stereocenters. The molecule has 1 N–H and O–H groups in total. The van der Waals surface area contributed by atoms with Gasteiger partial charge in [-0.05, 0) is 69.4 Å². The molecule has 40 heavy (non-hydrogen) atoms. The van der Waals surface area contributed by atoms with E-state index in [1.807, 2.05) is 13.8 Å². The first-order valence-corrected chi connectivity index (χ1v) is 14.1. The number of allylic oxidation sites excluding steroid dienone is 4. The maximum Gasteiger partial charge on any atom is 0.262 e. The molecule has 1 amide bonds. The second-order valence-corrected chi connectivity index (χ2v) is 10.4. The number of anilines is 1. The second kappa shape index (κ2) is 11.8. The van der Waals surface area contributed by atoms with Gasteiger partial charge in [0.05, 0.1) is 17.3 Å². The van der Waals surface area contributed by atoms with Crippen LogP contribution < -0.4 is 14.8 Å². The summed E-state index contributed by atoms with van der Waals surface area (Å²) in [5.74, 6) is -1.09. The average Bonchev–Trinajstić information content (AvgIpc) is 2.93. The first kappa shape index (κ1) is 27.9. The molecule has 2 aromatic rings. The molecule has 0 fully saturated rings. The summed E-state index contributed by atoms with van der Waals surface area (Å²) in [5, 5.41) is 2.67. The molecule has 210 valence electrons. The predicted molar refractivity (Wildman–Crippen MR) is 150 cm³/mol. The normalized spacial score (nSPS) is 17.6. The Hall–Kier alpha value is -3.65. The van der Waals surface area contributed by atoms with Crippen molar-refractivity contribution in [2.75, 3.05) is 25.1 Å². The molecule has 7 nitrogen and oxygen atoms in total. The Morgan fingerprint density at radius 1 is 1.00 bits per heavy atom. The molecule has 0 aromatic heterocycles. The SMILES string of the molecule is CCOc1cc(C2C3=C(CCCC3=O)N(CC)C3=C2C(=O)CCC3)cc(Cl)c1OCC(=O)Nc1ccccc1F. The zero-order valence-corrected chi connectivity index (χ0v) is 23.4. The van der Waals surface area contributed by atoms with E-state index in [9.17, 15) is 18.8 Å². The van der Waals surface area contributed by atoms with Crippen molar-refractivity contribution in [1.82, 2.24) is 4.90 Å². The van der Waals surface area contributed by atoms with Gasteiger partial charge in [-0.3, -0.25) is 14.4 Å². The lowest BCUT2D eigenvalue weighted by Crippen LogP contribution is -2.39. The topological polar surface area (TPSA) is 84.9 Å². The van der Waals surface area contributed by atoms with Gasteiger partial charge in [-0.25, -0.2) is 4.39 Å². The molecular weight excluding hydrogens is 535 g/mol. The van der Waals surface area contributed by atoms with Crippen LogP contribution >= 0.6 is 11.6 Å². The standard InChI is InChI=1S/C31H32ClFN2O5/c1-3-35-22-11-7-13-24(36)29(22)28(30-23(35)12-8-14-25(30)37)18-15-19(32)31(26(16-18)39-4-2)40-17-27(38)34-21-10-6-5-9-20(21)33/h5-6,9-10,15-16,28H,3-4,7-8,11-14,17H2,1-2H3,(H,34,38). The Morgan fingerprint density at radius 3 is 2.25 bits per heavy atom. The maximum absolute atomic E-state index is 13.9. The predicted octanol–water partition coefficient (Wildman–Crippen LogP) is 6.33. The molecule has 2 aromatic carbocycles. The summed E-state index contributed by atoms with van der Waals surface area (Å²) in [6, 6.07) is 9.30. The van der Waals surface area contributed by atoms with Crippen LogP contribution in [0.25, 0.3) is 0 Å². The van der Waals surface area contributed by atoms with E-state index in [-0.39, 0.29) is 28.0 Å². The lowest BCUT2D eigenvalue weighted by Gasteiger charge is -2.43. The minimum Gasteiger partial charge on any atom is -0.490 e. The molecular formula is C31H32ClFN2O5. The number of hydrogen-bond acceptors (Lipinski definition) is 6. The maximum atomic E-state index is 13.9. The van der Waals surface area contributed by atoms with E-state index < -0.39 is 24.2 Å². The zero-order chi connectivity index (χ0) is 28.4. The van der Waals surface area contributed by atoms with Crippen LogP contribution in [0.3, 0.4) is 0 Å². The number of nitrogens with one attached hydrogen (secondary N) is 1. The Morgan fingerprint density at radius 2 is 1.65 bits per heavy atom. The minimum absolute atomic E-state index is 0.0449. The lowest BCUT2D eigenvalue weighted by molar-refractivity contribution is -0.118. The number of hydrogen-bond donors (Lipinski definition) is 1. The number of Topliss-reactive ketones (excluding diaryl/α,β-unsaturated/α-hetero) is 2. The third kappa shape index (κ3) is 5.24. The van der Waals surface area contributed by atoms with Gasteiger partial charge in [0.1, 0.15) is 5.82 Å². The molecule has 1 heterocycles. The van der Waals surface area contributed by atoms with E-state index in [2.05, 4.69) is 10.2 Å². The Kier molecular flexibility index (Phi) is 8.26. The zero-order valence-electron chi connectivity index (χ0n) is 22.6. The number of ether oxygens (including phenoxy) is 2. The van der Waals surface area contributed by atoms with Gasteiger partial charge in [0.25, 0.3) is 5.91 Å². The number of rotatable bonds is 8. The Balaban J connectivity index is 1.52. The summed E-state index contributed by atoms with van der Waals surface area (Å²) in [7, 11) is 0. The molecule has 3 aliphatic rings. The number of carbonyl (C=O) groups excluding carboxylic acids is 3. The molecule has 0 unspecified atom stereocenters. The van der Waals surface area contributed by atoms with Crippen LogP contribution in [0.1, 0.15) is 63.9 Å². The lowest BCUT2D eigenvalue weighted by atomic mass is 9.71. The van der Waals surface area contributed by atoms with E-state index in [4.69, 9.17) is 21.1 Å². The summed E-state index contributed by atoms with van der Waals surface area (Å²) in [6.45, 7) is 4.42. The number of amides is 1. The van der Waals surface area contributed by atoms with Crippen molar-refractivity contribution in [2.24, 2.45) is 0 Å². The van der Waals surface area contributed by atoms with Crippen molar-refractivity contribution < 1.29 is 28.2 Å². The number of nitrogens with zero attached hydrogens (tertiary/aromatic N) is 1. The van der Waals surface area contributed by atoms with E-state index in [1.54, 1.807) is 18.2 Å². The average molecular weight is 567 g/mol. The summed E-state index contributed by atoms with van der Waals surface area (Å²) in [4.78, 5) is 41.5. The fraction of sp³-hybridized carbons (Fsp3) is 0.387.